The van der Waals surface area contributed by atoms with Crippen LogP contribution in [0.1, 0.15) is 33.8 Å². The number of methoxy groups -OCH3 is 1. The Balaban J connectivity index is 1.53. The molecule has 1 aliphatic carbocycles. The average molecular weight is 416 g/mol. The molecule has 5 nitrogen and oxygen atoms in total. The molecule has 4 aromatic rings. The molecule has 0 atom stereocenters. The summed E-state index contributed by atoms with van der Waals surface area (Å²) in [5.74, 6) is 0.625. The highest BCUT2D eigenvalue weighted by molar-refractivity contribution is 7.15. The Bertz CT molecular complexity index is 1210. The number of ether oxygens (including phenoxy) is 1. The lowest BCUT2D eigenvalue weighted by molar-refractivity contribution is 0.102. The zero-order valence-electron chi connectivity index (χ0n) is 16.6. The number of carbonyl (C=O) groups excluding carboxylic acids is 1. The van der Waals surface area contributed by atoms with E-state index in [4.69, 9.17) is 9.72 Å². The number of nitrogens with zero attached hydrogens (tertiary/aromatic N) is 2. The minimum Gasteiger partial charge on any atom is -0.497 e. The predicted molar refractivity (Wildman–Crippen MR) is 120 cm³/mol. The zero-order chi connectivity index (χ0) is 20.5. The lowest BCUT2D eigenvalue weighted by Gasteiger charge is -2.10. The second kappa shape index (κ2) is 7.88. The first kappa shape index (κ1) is 18.8. The number of hydrogen-bond donors (Lipinski definition) is 1. The molecule has 5 rings (SSSR count). The van der Waals surface area contributed by atoms with Crippen LogP contribution in [-0.4, -0.2) is 23.0 Å². The average Bonchev–Trinajstić information content (AvgIpc) is 3.20. The van der Waals surface area contributed by atoms with E-state index in [2.05, 4.69) is 10.3 Å². The molecule has 0 fully saturated rings. The van der Waals surface area contributed by atoms with Crippen LogP contribution in [0, 0.1) is 0 Å². The van der Waals surface area contributed by atoms with Gasteiger partial charge in [0, 0.05) is 15.8 Å². The minimum atomic E-state index is -0.158. The van der Waals surface area contributed by atoms with Crippen molar-refractivity contribution in [2.45, 2.75) is 25.7 Å². The number of benzene rings is 2. The fourth-order valence-corrected chi connectivity index (χ4v) is 4.89. The SMILES string of the molecule is COc1ccc(-c2cc(C(=O)Nc3nc4c(s3)CCCC4)c3ccccc3n2)cc1. The molecule has 0 radical (unpaired) electrons. The maximum absolute atomic E-state index is 13.2. The van der Waals surface area contributed by atoms with E-state index in [1.807, 2.05) is 54.6 Å². The first-order valence-electron chi connectivity index (χ1n) is 10.1. The zero-order valence-corrected chi connectivity index (χ0v) is 17.5. The van der Waals surface area contributed by atoms with Crippen molar-refractivity contribution in [3.05, 3.63) is 70.7 Å². The molecule has 0 spiro atoms. The fraction of sp³-hybridized carbons (Fsp3) is 0.208. The second-order valence-electron chi connectivity index (χ2n) is 7.35. The summed E-state index contributed by atoms with van der Waals surface area (Å²) in [4.78, 5) is 24.0. The minimum absolute atomic E-state index is 0.158. The summed E-state index contributed by atoms with van der Waals surface area (Å²) in [6.07, 6.45) is 4.43. The van der Waals surface area contributed by atoms with Gasteiger partial charge in [-0.1, -0.05) is 18.2 Å². The monoisotopic (exact) mass is 415 g/mol. The van der Waals surface area contributed by atoms with Crippen molar-refractivity contribution in [2.24, 2.45) is 0 Å². The molecule has 0 aliphatic heterocycles. The van der Waals surface area contributed by atoms with Crippen LogP contribution in [0.25, 0.3) is 22.2 Å². The number of hydrogen-bond acceptors (Lipinski definition) is 5. The maximum Gasteiger partial charge on any atom is 0.258 e. The van der Waals surface area contributed by atoms with Crippen molar-refractivity contribution < 1.29 is 9.53 Å². The van der Waals surface area contributed by atoms with Crippen molar-refractivity contribution in [3.8, 4) is 17.0 Å². The fourth-order valence-electron chi connectivity index (χ4n) is 3.84. The van der Waals surface area contributed by atoms with Crippen LogP contribution in [0.3, 0.4) is 0 Å². The third-order valence-corrected chi connectivity index (χ3v) is 6.49. The van der Waals surface area contributed by atoms with E-state index >= 15 is 0 Å². The van der Waals surface area contributed by atoms with Gasteiger partial charge in [-0.15, -0.1) is 11.3 Å². The highest BCUT2D eigenvalue weighted by atomic mass is 32.1. The van der Waals surface area contributed by atoms with Gasteiger partial charge in [0.05, 0.1) is 29.6 Å². The Morgan fingerprint density at radius 3 is 2.63 bits per heavy atom. The highest BCUT2D eigenvalue weighted by Crippen LogP contribution is 2.31. The number of aryl methyl sites for hydroxylation is 2. The highest BCUT2D eigenvalue weighted by Gasteiger charge is 2.19. The number of aromatic nitrogens is 2. The summed E-state index contributed by atoms with van der Waals surface area (Å²) in [6, 6.07) is 17.3. The molecule has 0 saturated heterocycles. The number of fused-ring (bicyclic) bond motifs is 2. The Labute approximate surface area is 178 Å². The number of anilines is 1. The van der Waals surface area contributed by atoms with E-state index in [1.54, 1.807) is 18.4 Å². The Kier molecular flexibility index (Phi) is 4.93. The summed E-state index contributed by atoms with van der Waals surface area (Å²) in [5.41, 5.74) is 4.20. The summed E-state index contributed by atoms with van der Waals surface area (Å²) in [7, 11) is 1.64. The third kappa shape index (κ3) is 3.55. The summed E-state index contributed by atoms with van der Waals surface area (Å²) >= 11 is 1.60. The van der Waals surface area contributed by atoms with Crippen molar-refractivity contribution in [1.29, 1.82) is 0 Å². The first-order valence-corrected chi connectivity index (χ1v) is 10.9. The molecule has 30 heavy (non-hydrogen) atoms. The van der Waals surface area contributed by atoms with Crippen LogP contribution >= 0.6 is 11.3 Å². The van der Waals surface area contributed by atoms with E-state index in [1.165, 1.54) is 17.7 Å². The van der Waals surface area contributed by atoms with Gasteiger partial charge in [0.25, 0.3) is 5.91 Å². The molecule has 1 N–H and O–H groups in total. The molecule has 0 saturated carbocycles. The number of amides is 1. The van der Waals surface area contributed by atoms with Crippen LogP contribution in [0.4, 0.5) is 5.13 Å². The van der Waals surface area contributed by atoms with E-state index in [0.717, 1.165) is 46.4 Å². The van der Waals surface area contributed by atoms with Gasteiger partial charge in [-0.25, -0.2) is 9.97 Å². The van der Waals surface area contributed by atoms with Crippen LogP contribution in [-0.2, 0) is 12.8 Å². The number of rotatable bonds is 4. The third-order valence-electron chi connectivity index (χ3n) is 5.41. The largest absolute Gasteiger partial charge is 0.497 e. The predicted octanol–water partition coefficient (Wildman–Crippen LogP) is 5.50. The second-order valence-corrected chi connectivity index (χ2v) is 8.43. The molecule has 0 bridgehead atoms. The molecule has 6 heteroatoms. The molecule has 150 valence electrons. The molecular formula is C24H21N3O2S. The van der Waals surface area contributed by atoms with Crippen molar-refractivity contribution in [3.63, 3.8) is 0 Å². The molecule has 1 aliphatic rings. The lowest BCUT2D eigenvalue weighted by Crippen LogP contribution is -2.13. The van der Waals surface area contributed by atoms with E-state index in [0.29, 0.717) is 10.7 Å². The Hall–Kier alpha value is -3.25. The van der Waals surface area contributed by atoms with Gasteiger partial charge >= 0.3 is 0 Å². The smallest absolute Gasteiger partial charge is 0.258 e. The Morgan fingerprint density at radius 2 is 1.83 bits per heavy atom. The van der Waals surface area contributed by atoms with Gasteiger partial charge in [-0.2, -0.15) is 0 Å². The quantitative estimate of drug-likeness (QED) is 0.478. The van der Waals surface area contributed by atoms with Crippen LogP contribution in [0.2, 0.25) is 0 Å². The molecule has 2 aromatic heterocycles. The van der Waals surface area contributed by atoms with Gasteiger partial charge in [0.1, 0.15) is 5.75 Å². The van der Waals surface area contributed by atoms with E-state index in [9.17, 15) is 4.79 Å². The van der Waals surface area contributed by atoms with Gasteiger partial charge in [0.2, 0.25) is 0 Å². The standard InChI is InChI=1S/C24H21N3O2S/c1-29-16-12-10-15(11-13-16)21-14-18(17-6-2-3-7-19(17)25-21)23(28)27-24-26-20-8-4-5-9-22(20)30-24/h2-3,6-7,10-14H,4-5,8-9H2,1H3,(H,26,27,28). The number of thiazole rings is 1. The number of nitrogens with one attached hydrogen (secondary N) is 1. The number of pyridine rings is 1. The Morgan fingerprint density at radius 1 is 1.03 bits per heavy atom. The first-order chi connectivity index (χ1) is 14.7. The van der Waals surface area contributed by atoms with Gasteiger partial charge in [0.15, 0.2) is 5.13 Å². The number of para-hydroxylation sites is 1. The summed E-state index contributed by atoms with van der Waals surface area (Å²) < 4.78 is 5.25. The van der Waals surface area contributed by atoms with Crippen LogP contribution < -0.4 is 10.1 Å². The molecule has 1 amide bonds. The molecule has 2 heterocycles. The lowest BCUT2D eigenvalue weighted by atomic mass is 10.0. The van der Waals surface area contributed by atoms with Crippen LogP contribution in [0.5, 0.6) is 5.75 Å². The number of carbonyl (C=O) groups is 1. The molecular weight excluding hydrogens is 394 g/mol. The maximum atomic E-state index is 13.2. The van der Waals surface area contributed by atoms with Crippen molar-refractivity contribution >= 4 is 33.3 Å². The molecule has 0 unspecified atom stereocenters. The van der Waals surface area contributed by atoms with Gasteiger partial charge in [-0.3, -0.25) is 10.1 Å². The molecule has 2 aromatic carbocycles. The van der Waals surface area contributed by atoms with Gasteiger partial charge < -0.3 is 4.74 Å². The topological polar surface area (TPSA) is 64.1 Å². The summed E-state index contributed by atoms with van der Waals surface area (Å²) in [6.45, 7) is 0. The van der Waals surface area contributed by atoms with Crippen molar-refractivity contribution in [1.82, 2.24) is 9.97 Å². The summed E-state index contributed by atoms with van der Waals surface area (Å²) in [5, 5.41) is 4.53. The van der Waals surface area contributed by atoms with Crippen molar-refractivity contribution in [2.75, 3.05) is 12.4 Å². The van der Waals surface area contributed by atoms with E-state index in [-0.39, 0.29) is 5.91 Å². The normalized spacial score (nSPS) is 13.1. The van der Waals surface area contributed by atoms with Crippen LogP contribution in [0.15, 0.2) is 54.6 Å². The van der Waals surface area contributed by atoms with E-state index < -0.39 is 0 Å². The van der Waals surface area contributed by atoms with Gasteiger partial charge in [-0.05, 0) is 62.1 Å².